The predicted molar refractivity (Wildman–Crippen MR) is 66.2 cm³/mol. The quantitative estimate of drug-likeness (QED) is 0.496. The molecule has 5 heteroatoms. The summed E-state index contributed by atoms with van der Waals surface area (Å²) in [5, 5.41) is 0.961. The van der Waals surface area contributed by atoms with Gasteiger partial charge in [0.15, 0.2) is 5.78 Å². The molecule has 0 unspecified atom stereocenters. The van der Waals surface area contributed by atoms with E-state index in [4.69, 9.17) is 0 Å². The summed E-state index contributed by atoms with van der Waals surface area (Å²) in [6.45, 7) is 2.57. The van der Waals surface area contributed by atoms with Crippen molar-refractivity contribution in [2.24, 2.45) is 0 Å². The van der Waals surface area contributed by atoms with Crippen molar-refractivity contribution in [1.29, 1.82) is 0 Å². The molecule has 18 heavy (non-hydrogen) atoms. The van der Waals surface area contributed by atoms with Crippen molar-refractivity contribution in [3.63, 3.8) is 0 Å². The lowest BCUT2D eigenvalue weighted by Gasteiger charge is -2.15. The number of carbonyl (C=O) groups excluding carboxylic acids is 3. The first kappa shape index (κ1) is 13.6. The van der Waals surface area contributed by atoms with Gasteiger partial charge in [0.25, 0.3) is 0 Å². The van der Waals surface area contributed by atoms with E-state index in [-0.39, 0.29) is 17.6 Å². The molecule has 0 saturated heterocycles. The van der Waals surface area contributed by atoms with Crippen LogP contribution in [0.25, 0.3) is 0 Å². The molecule has 0 radical (unpaired) electrons. The molecule has 0 atom stereocenters. The van der Waals surface area contributed by atoms with Gasteiger partial charge >= 0.3 is 0 Å². The summed E-state index contributed by atoms with van der Waals surface area (Å²) in [6.07, 6.45) is 2.46. The normalized spacial score (nSPS) is 10.1. The van der Waals surface area contributed by atoms with Gasteiger partial charge in [0, 0.05) is 31.7 Å². The van der Waals surface area contributed by atoms with E-state index in [1.807, 2.05) is 0 Å². The molecular formula is C13H14N2O3. The van der Waals surface area contributed by atoms with E-state index in [1.165, 1.54) is 26.1 Å². The van der Waals surface area contributed by atoms with E-state index in [9.17, 15) is 14.4 Å². The highest BCUT2D eigenvalue weighted by molar-refractivity contribution is 6.04. The van der Waals surface area contributed by atoms with Crippen LogP contribution >= 0.6 is 0 Å². The number of amides is 2. The molecule has 1 N–H and O–H groups in total. The Balaban J connectivity index is 2.75. The number of hydrogen-bond acceptors (Lipinski definition) is 3. The predicted octanol–water partition coefficient (Wildman–Crippen LogP) is 1.28. The summed E-state index contributed by atoms with van der Waals surface area (Å²) in [7, 11) is 0. The third-order valence-electron chi connectivity index (χ3n) is 2.05. The molecule has 0 heterocycles. The fourth-order valence-corrected chi connectivity index (χ4v) is 1.23. The number of hydrogen-bond donors (Lipinski definition) is 1. The minimum atomic E-state index is -0.387. The molecular weight excluding hydrogens is 232 g/mol. The fraction of sp³-hybridized carbons (Fsp3) is 0.154. The van der Waals surface area contributed by atoms with Gasteiger partial charge in [0.1, 0.15) is 0 Å². The summed E-state index contributed by atoms with van der Waals surface area (Å²) < 4.78 is 0. The molecule has 94 valence electrons. The highest BCUT2D eigenvalue weighted by Gasteiger charge is 2.07. The Morgan fingerprint density at radius 2 is 1.72 bits per heavy atom. The molecule has 0 aliphatic carbocycles. The van der Waals surface area contributed by atoms with Crippen LogP contribution in [0, 0.1) is 0 Å². The monoisotopic (exact) mass is 246 g/mol. The number of rotatable bonds is 3. The molecule has 0 aliphatic rings. The van der Waals surface area contributed by atoms with Gasteiger partial charge in [-0.2, -0.15) is 0 Å². The minimum absolute atomic E-state index is 0.243. The molecule has 0 aliphatic heterocycles. The van der Waals surface area contributed by atoms with Gasteiger partial charge in [-0.15, -0.1) is 0 Å². The molecule has 1 rings (SSSR count). The van der Waals surface area contributed by atoms with Gasteiger partial charge in [-0.25, -0.2) is 5.01 Å². The second-order valence-electron chi connectivity index (χ2n) is 3.60. The van der Waals surface area contributed by atoms with Crippen LogP contribution in [0.1, 0.15) is 24.2 Å². The Morgan fingerprint density at radius 3 is 2.22 bits per heavy atom. The zero-order chi connectivity index (χ0) is 13.5. The van der Waals surface area contributed by atoms with E-state index in [2.05, 4.69) is 5.43 Å². The number of carbonyl (C=O) groups is 3. The first-order valence-corrected chi connectivity index (χ1v) is 5.35. The van der Waals surface area contributed by atoms with E-state index < -0.39 is 0 Å². The minimum Gasteiger partial charge on any atom is -0.289 e. The highest BCUT2D eigenvalue weighted by Crippen LogP contribution is 2.01. The molecule has 0 fully saturated rings. The summed E-state index contributed by atoms with van der Waals surface area (Å²) in [4.78, 5) is 33.7. The molecule has 2 amide bonds. The Morgan fingerprint density at radius 1 is 1.11 bits per heavy atom. The van der Waals surface area contributed by atoms with Crippen LogP contribution in [-0.4, -0.2) is 22.6 Å². The van der Waals surface area contributed by atoms with Crippen LogP contribution in [0.2, 0.25) is 0 Å². The number of nitrogens with zero attached hydrogens (tertiary/aromatic N) is 1. The van der Waals surface area contributed by atoms with Crippen molar-refractivity contribution in [2.45, 2.75) is 13.8 Å². The van der Waals surface area contributed by atoms with Crippen LogP contribution in [0.4, 0.5) is 0 Å². The third kappa shape index (κ3) is 4.21. The van der Waals surface area contributed by atoms with Gasteiger partial charge in [-0.05, 0) is 0 Å². The van der Waals surface area contributed by atoms with Crippen molar-refractivity contribution in [2.75, 3.05) is 0 Å². The molecule has 1 aromatic carbocycles. The van der Waals surface area contributed by atoms with Crippen LogP contribution < -0.4 is 5.43 Å². The van der Waals surface area contributed by atoms with Gasteiger partial charge in [-0.3, -0.25) is 19.8 Å². The summed E-state index contributed by atoms with van der Waals surface area (Å²) in [6, 6.07) is 8.64. The van der Waals surface area contributed by atoms with Gasteiger partial charge in [0.05, 0.1) is 0 Å². The van der Waals surface area contributed by atoms with Crippen molar-refractivity contribution in [3.8, 4) is 0 Å². The standard InChI is InChI=1S/C13H14N2O3/c1-10(16)14-15(11(2)17)9-8-13(18)12-6-4-3-5-7-12/h3-9H,1-2H3,(H,14,16)/b9-8+. The smallest absolute Gasteiger partial charge is 0.242 e. The molecule has 0 spiro atoms. The Labute approximate surface area is 105 Å². The van der Waals surface area contributed by atoms with E-state index in [1.54, 1.807) is 30.3 Å². The van der Waals surface area contributed by atoms with Crippen molar-refractivity contribution >= 4 is 17.6 Å². The second-order valence-corrected chi connectivity index (χ2v) is 3.60. The lowest BCUT2D eigenvalue weighted by Crippen LogP contribution is -2.40. The van der Waals surface area contributed by atoms with Crippen molar-refractivity contribution in [1.82, 2.24) is 10.4 Å². The fourth-order valence-electron chi connectivity index (χ4n) is 1.23. The van der Waals surface area contributed by atoms with Crippen molar-refractivity contribution < 1.29 is 14.4 Å². The summed E-state index contributed by atoms with van der Waals surface area (Å²) >= 11 is 0. The van der Waals surface area contributed by atoms with E-state index in [0.717, 1.165) is 5.01 Å². The average Bonchev–Trinajstić information content (AvgIpc) is 2.34. The largest absolute Gasteiger partial charge is 0.289 e. The molecule has 0 saturated carbocycles. The van der Waals surface area contributed by atoms with Gasteiger partial charge < -0.3 is 0 Å². The molecule has 5 nitrogen and oxygen atoms in total. The third-order valence-corrected chi connectivity index (χ3v) is 2.05. The first-order valence-electron chi connectivity index (χ1n) is 5.35. The maximum atomic E-state index is 11.7. The maximum Gasteiger partial charge on any atom is 0.242 e. The molecule has 0 aromatic heterocycles. The van der Waals surface area contributed by atoms with Gasteiger partial charge in [0.2, 0.25) is 11.8 Å². The highest BCUT2D eigenvalue weighted by atomic mass is 16.2. The Kier molecular flexibility index (Phi) is 4.80. The summed E-state index contributed by atoms with van der Waals surface area (Å²) in [5.74, 6) is -1.02. The Hall–Kier alpha value is -2.43. The second kappa shape index (κ2) is 6.34. The van der Waals surface area contributed by atoms with E-state index >= 15 is 0 Å². The van der Waals surface area contributed by atoms with Crippen LogP contribution in [-0.2, 0) is 9.59 Å². The SMILES string of the molecule is CC(=O)NN(/C=C/C(=O)c1ccccc1)C(C)=O. The molecule has 1 aromatic rings. The van der Waals surface area contributed by atoms with Crippen molar-refractivity contribution in [3.05, 3.63) is 48.2 Å². The number of nitrogens with one attached hydrogen (secondary N) is 1. The number of benzene rings is 1. The topological polar surface area (TPSA) is 66.5 Å². The summed E-state index contributed by atoms with van der Waals surface area (Å²) in [5.41, 5.74) is 2.81. The van der Waals surface area contributed by atoms with E-state index in [0.29, 0.717) is 5.56 Å². The average molecular weight is 246 g/mol. The lowest BCUT2D eigenvalue weighted by molar-refractivity contribution is -0.135. The van der Waals surface area contributed by atoms with Crippen LogP contribution in [0.5, 0.6) is 0 Å². The zero-order valence-corrected chi connectivity index (χ0v) is 10.2. The maximum absolute atomic E-state index is 11.7. The Bertz CT molecular complexity index is 480. The van der Waals surface area contributed by atoms with Crippen LogP contribution in [0.3, 0.4) is 0 Å². The number of allylic oxidation sites excluding steroid dienone is 1. The lowest BCUT2D eigenvalue weighted by atomic mass is 10.1. The number of hydrazine groups is 1. The van der Waals surface area contributed by atoms with Gasteiger partial charge in [-0.1, -0.05) is 30.3 Å². The number of ketones is 1. The zero-order valence-electron chi connectivity index (χ0n) is 10.2. The first-order chi connectivity index (χ1) is 8.50. The molecule has 0 bridgehead atoms. The van der Waals surface area contributed by atoms with Crippen LogP contribution in [0.15, 0.2) is 42.6 Å².